The Kier molecular flexibility index (Phi) is 4.29. The van der Waals surface area contributed by atoms with Crippen LogP contribution in [0.1, 0.15) is 15.2 Å². The topological polar surface area (TPSA) is 64.3 Å². The van der Waals surface area contributed by atoms with Crippen molar-refractivity contribution in [3.05, 3.63) is 45.1 Å². The number of methoxy groups -OCH3 is 1. The van der Waals surface area contributed by atoms with Crippen molar-refractivity contribution in [2.45, 2.75) is 6.54 Å². The maximum atomic E-state index is 11.8. The van der Waals surface area contributed by atoms with Crippen molar-refractivity contribution in [2.24, 2.45) is 0 Å². The average molecular weight is 297 g/mol. The van der Waals surface area contributed by atoms with Crippen LogP contribution in [-0.2, 0) is 6.54 Å². The Morgan fingerprint density at radius 3 is 2.79 bits per heavy atom. The zero-order chi connectivity index (χ0) is 13.8. The smallest absolute Gasteiger partial charge is 0.261 e. The molecule has 0 aliphatic carbocycles. The molecular weight excluding hydrogens is 284 g/mol. The van der Waals surface area contributed by atoms with Crippen LogP contribution in [0, 0.1) is 0 Å². The van der Waals surface area contributed by atoms with Crippen LogP contribution in [0.15, 0.2) is 30.3 Å². The maximum absolute atomic E-state index is 11.8. The Labute approximate surface area is 120 Å². The standard InChI is InChI=1S/C13H13ClN2O2S/c1-18-10-3-2-8(6-9(10)15)7-16-13(17)11-4-5-12(14)19-11/h2-6H,7,15H2,1H3,(H,16,17). The summed E-state index contributed by atoms with van der Waals surface area (Å²) in [7, 11) is 1.56. The third-order valence-electron chi connectivity index (χ3n) is 2.54. The van der Waals surface area contributed by atoms with Crippen molar-refractivity contribution >= 4 is 34.5 Å². The Morgan fingerprint density at radius 1 is 1.42 bits per heavy atom. The molecule has 0 radical (unpaired) electrons. The van der Waals surface area contributed by atoms with Gasteiger partial charge in [-0.2, -0.15) is 0 Å². The number of hydrogen-bond acceptors (Lipinski definition) is 4. The number of nitrogens with two attached hydrogens (primary N) is 1. The summed E-state index contributed by atoms with van der Waals surface area (Å²) in [6.07, 6.45) is 0. The lowest BCUT2D eigenvalue weighted by atomic mass is 10.2. The van der Waals surface area contributed by atoms with Crippen LogP contribution in [0.4, 0.5) is 5.69 Å². The van der Waals surface area contributed by atoms with Gasteiger partial charge in [0.15, 0.2) is 0 Å². The SMILES string of the molecule is COc1ccc(CNC(=O)c2ccc(Cl)s2)cc1N. The van der Waals surface area contributed by atoms with Gasteiger partial charge < -0.3 is 15.8 Å². The van der Waals surface area contributed by atoms with E-state index in [1.54, 1.807) is 31.4 Å². The first kappa shape index (κ1) is 13.7. The highest BCUT2D eigenvalue weighted by Crippen LogP contribution is 2.23. The van der Waals surface area contributed by atoms with Gasteiger partial charge in [-0.25, -0.2) is 0 Å². The van der Waals surface area contributed by atoms with E-state index < -0.39 is 0 Å². The highest BCUT2D eigenvalue weighted by Gasteiger charge is 2.08. The summed E-state index contributed by atoms with van der Waals surface area (Å²) in [5.41, 5.74) is 7.26. The van der Waals surface area contributed by atoms with E-state index >= 15 is 0 Å². The van der Waals surface area contributed by atoms with Gasteiger partial charge in [0.05, 0.1) is 22.0 Å². The number of nitrogens with one attached hydrogen (secondary N) is 1. The van der Waals surface area contributed by atoms with Crippen LogP contribution in [0.5, 0.6) is 5.75 Å². The van der Waals surface area contributed by atoms with Crippen molar-refractivity contribution in [3.63, 3.8) is 0 Å². The van der Waals surface area contributed by atoms with Gasteiger partial charge in [-0.15, -0.1) is 11.3 Å². The van der Waals surface area contributed by atoms with Crippen LogP contribution in [0.25, 0.3) is 0 Å². The molecule has 0 fully saturated rings. The molecular formula is C13H13ClN2O2S. The number of benzene rings is 1. The fourth-order valence-electron chi connectivity index (χ4n) is 1.60. The summed E-state index contributed by atoms with van der Waals surface area (Å²) in [4.78, 5) is 12.4. The van der Waals surface area contributed by atoms with E-state index in [0.29, 0.717) is 27.2 Å². The molecule has 4 nitrogen and oxygen atoms in total. The fourth-order valence-corrected chi connectivity index (χ4v) is 2.56. The lowest BCUT2D eigenvalue weighted by Crippen LogP contribution is -2.21. The van der Waals surface area contributed by atoms with Gasteiger partial charge in [0, 0.05) is 6.54 Å². The lowest BCUT2D eigenvalue weighted by molar-refractivity contribution is 0.0955. The zero-order valence-corrected chi connectivity index (χ0v) is 11.8. The molecule has 0 atom stereocenters. The first-order valence-corrected chi connectivity index (χ1v) is 6.75. The number of rotatable bonds is 4. The van der Waals surface area contributed by atoms with Crippen molar-refractivity contribution in [3.8, 4) is 5.75 Å². The second-order valence-corrected chi connectivity index (χ2v) is 5.58. The Bertz CT molecular complexity index is 598. The third kappa shape index (κ3) is 3.39. The van der Waals surface area contributed by atoms with Crippen molar-refractivity contribution in [2.75, 3.05) is 12.8 Å². The number of nitrogen functional groups attached to an aromatic ring is 1. The zero-order valence-electron chi connectivity index (χ0n) is 10.3. The molecule has 2 aromatic rings. The first-order valence-electron chi connectivity index (χ1n) is 5.56. The Balaban J connectivity index is 1.99. The van der Waals surface area contributed by atoms with Gasteiger partial charge in [-0.05, 0) is 29.8 Å². The van der Waals surface area contributed by atoms with Crippen molar-refractivity contribution < 1.29 is 9.53 Å². The highest BCUT2D eigenvalue weighted by molar-refractivity contribution is 7.17. The number of carbonyl (C=O) groups excluding carboxylic acids is 1. The highest BCUT2D eigenvalue weighted by atomic mass is 35.5. The molecule has 19 heavy (non-hydrogen) atoms. The molecule has 100 valence electrons. The second kappa shape index (κ2) is 5.95. The summed E-state index contributed by atoms with van der Waals surface area (Å²) in [5, 5.41) is 2.81. The minimum absolute atomic E-state index is 0.147. The summed E-state index contributed by atoms with van der Waals surface area (Å²) in [5.74, 6) is 0.478. The molecule has 6 heteroatoms. The second-order valence-electron chi connectivity index (χ2n) is 3.86. The number of carbonyl (C=O) groups is 1. The van der Waals surface area contributed by atoms with E-state index in [2.05, 4.69) is 5.32 Å². The molecule has 2 rings (SSSR count). The predicted octanol–water partition coefficient (Wildman–Crippen LogP) is 2.92. The van der Waals surface area contributed by atoms with Crippen LogP contribution < -0.4 is 15.8 Å². The van der Waals surface area contributed by atoms with Crippen LogP contribution >= 0.6 is 22.9 Å². The molecule has 0 saturated heterocycles. The van der Waals surface area contributed by atoms with E-state index in [-0.39, 0.29) is 5.91 Å². The predicted molar refractivity (Wildman–Crippen MR) is 77.9 cm³/mol. The number of anilines is 1. The average Bonchev–Trinajstić information content (AvgIpc) is 2.83. The summed E-state index contributed by atoms with van der Waals surface area (Å²) >= 11 is 7.03. The monoisotopic (exact) mass is 296 g/mol. The minimum Gasteiger partial charge on any atom is -0.495 e. The minimum atomic E-state index is -0.147. The van der Waals surface area contributed by atoms with Crippen LogP contribution in [-0.4, -0.2) is 13.0 Å². The molecule has 0 aliphatic heterocycles. The number of halogens is 1. The van der Waals surface area contributed by atoms with E-state index in [9.17, 15) is 4.79 Å². The lowest BCUT2D eigenvalue weighted by Gasteiger charge is -2.08. The molecule has 1 aromatic heterocycles. The summed E-state index contributed by atoms with van der Waals surface area (Å²) < 4.78 is 5.67. The number of ether oxygens (including phenoxy) is 1. The van der Waals surface area contributed by atoms with Gasteiger partial charge >= 0.3 is 0 Å². The number of thiophene rings is 1. The fraction of sp³-hybridized carbons (Fsp3) is 0.154. The molecule has 3 N–H and O–H groups in total. The molecule has 0 bridgehead atoms. The number of amides is 1. The summed E-state index contributed by atoms with van der Waals surface area (Å²) in [6, 6.07) is 8.81. The molecule has 0 unspecified atom stereocenters. The van der Waals surface area contributed by atoms with Gasteiger partial charge in [0.2, 0.25) is 0 Å². The van der Waals surface area contributed by atoms with E-state index in [4.69, 9.17) is 22.1 Å². The first-order chi connectivity index (χ1) is 9.10. The normalized spacial score (nSPS) is 10.2. The third-order valence-corrected chi connectivity index (χ3v) is 3.77. The molecule has 0 aliphatic rings. The Morgan fingerprint density at radius 2 is 2.21 bits per heavy atom. The quantitative estimate of drug-likeness (QED) is 0.853. The van der Waals surface area contributed by atoms with Crippen LogP contribution in [0.3, 0.4) is 0 Å². The molecule has 1 amide bonds. The van der Waals surface area contributed by atoms with E-state index in [1.807, 2.05) is 6.07 Å². The van der Waals surface area contributed by atoms with Gasteiger partial charge in [0.1, 0.15) is 5.75 Å². The number of hydrogen-bond donors (Lipinski definition) is 2. The van der Waals surface area contributed by atoms with Crippen LogP contribution in [0.2, 0.25) is 4.34 Å². The largest absolute Gasteiger partial charge is 0.495 e. The van der Waals surface area contributed by atoms with Gasteiger partial charge in [0.25, 0.3) is 5.91 Å². The van der Waals surface area contributed by atoms with Gasteiger partial charge in [-0.3, -0.25) is 4.79 Å². The summed E-state index contributed by atoms with van der Waals surface area (Å²) in [6.45, 7) is 0.405. The molecule has 0 spiro atoms. The molecule has 0 saturated carbocycles. The molecule has 1 aromatic carbocycles. The maximum Gasteiger partial charge on any atom is 0.261 e. The Hall–Kier alpha value is -1.72. The van der Waals surface area contributed by atoms with Gasteiger partial charge in [-0.1, -0.05) is 17.7 Å². The van der Waals surface area contributed by atoms with Crippen molar-refractivity contribution in [1.82, 2.24) is 5.32 Å². The van der Waals surface area contributed by atoms with E-state index in [1.165, 1.54) is 11.3 Å². The van der Waals surface area contributed by atoms with E-state index in [0.717, 1.165) is 5.56 Å². The molecule has 1 heterocycles. The van der Waals surface area contributed by atoms with Crippen molar-refractivity contribution in [1.29, 1.82) is 0 Å².